The molecule has 0 heterocycles. The Morgan fingerprint density at radius 3 is 1.52 bits per heavy atom. The van der Waals surface area contributed by atoms with E-state index in [-0.39, 0.29) is 0 Å². The molecule has 0 aliphatic rings. The Labute approximate surface area is 169 Å². The van der Waals surface area contributed by atoms with E-state index in [0.717, 1.165) is 32.3 Å². The van der Waals surface area contributed by atoms with Crippen LogP contribution in [0, 0.1) is 0 Å². The molecule has 0 amide bonds. The minimum Gasteiger partial charge on any atom is -0.395 e. The molecule has 0 aromatic carbocycles. The lowest BCUT2D eigenvalue weighted by atomic mass is 10.1. The monoisotopic (exact) mass is 406 g/mol. The van der Waals surface area contributed by atoms with E-state index < -0.39 is 8.56 Å². The molecule has 0 aromatic heterocycles. The van der Waals surface area contributed by atoms with E-state index in [0.29, 0.717) is 26.4 Å². The maximum atomic E-state index is 5.89. The van der Waals surface area contributed by atoms with Gasteiger partial charge in [0.1, 0.15) is 0 Å². The van der Waals surface area contributed by atoms with Crippen LogP contribution in [0.4, 0.5) is 0 Å². The summed E-state index contributed by atoms with van der Waals surface area (Å²) in [4.78, 5) is 0. The highest BCUT2D eigenvalue weighted by Crippen LogP contribution is 2.19. The third kappa shape index (κ3) is 19.1. The summed E-state index contributed by atoms with van der Waals surface area (Å²) in [5, 5.41) is 0. The second-order valence-electron chi connectivity index (χ2n) is 7.15. The highest BCUT2D eigenvalue weighted by molar-refractivity contribution is 6.66. The zero-order valence-electron chi connectivity index (χ0n) is 18.6. The smallest absolute Gasteiger partial charge is 0.334 e. The summed E-state index contributed by atoms with van der Waals surface area (Å²) in [5.74, 6) is 0. The van der Waals surface area contributed by atoms with Gasteiger partial charge in [0, 0.05) is 26.9 Å². The van der Waals surface area contributed by atoms with Gasteiger partial charge in [0.05, 0.1) is 26.4 Å². The standard InChI is InChI=1S/C21H46O5Si/c1-5-25-27(4,26-6-2)21-15-13-11-9-7-8-10-12-14-16-23-19-20-24-18-17-22-3/h5-21H2,1-4H3. The Morgan fingerprint density at radius 1 is 0.556 bits per heavy atom. The summed E-state index contributed by atoms with van der Waals surface area (Å²) in [6, 6.07) is 1.13. The highest BCUT2D eigenvalue weighted by Gasteiger charge is 2.29. The van der Waals surface area contributed by atoms with E-state index >= 15 is 0 Å². The first-order valence-corrected chi connectivity index (χ1v) is 13.6. The molecule has 0 aliphatic heterocycles. The van der Waals surface area contributed by atoms with Crippen molar-refractivity contribution in [1.29, 1.82) is 0 Å². The summed E-state index contributed by atoms with van der Waals surface area (Å²) in [5.41, 5.74) is 0. The van der Waals surface area contributed by atoms with Crippen LogP contribution in [0.2, 0.25) is 12.6 Å². The van der Waals surface area contributed by atoms with Crippen molar-refractivity contribution in [3.63, 3.8) is 0 Å². The summed E-state index contributed by atoms with van der Waals surface area (Å²) < 4.78 is 27.6. The van der Waals surface area contributed by atoms with Gasteiger partial charge in [-0.2, -0.15) is 0 Å². The lowest BCUT2D eigenvalue weighted by molar-refractivity contribution is 0.0239. The lowest BCUT2D eigenvalue weighted by Crippen LogP contribution is -2.38. The van der Waals surface area contributed by atoms with Gasteiger partial charge in [-0.1, -0.05) is 51.4 Å². The van der Waals surface area contributed by atoms with Gasteiger partial charge in [-0.3, -0.25) is 0 Å². The summed E-state index contributed by atoms with van der Waals surface area (Å²) in [6.07, 6.45) is 11.7. The predicted octanol–water partition coefficient (Wildman–Crippen LogP) is 5.32. The summed E-state index contributed by atoms with van der Waals surface area (Å²) in [6.45, 7) is 11.4. The first-order valence-electron chi connectivity index (χ1n) is 11.1. The fourth-order valence-corrected chi connectivity index (χ4v) is 5.63. The van der Waals surface area contributed by atoms with Crippen LogP contribution in [0.15, 0.2) is 0 Å². The van der Waals surface area contributed by atoms with Crippen molar-refractivity contribution in [2.75, 3.05) is 53.4 Å². The van der Waals surface area contributed by atoms with E-state index in [2.05, 4.69) is 20.4 Å². The molecule has 6 heteroatoms. The van der Waals surface area contributed by atoms with E-state index in [4.69, 9.17) is 23.1 Å². The average molecular weight is 407 g/mol. The molecule has 0 saturated carbocycles. The largest absolute Gasteiger partial charge is 0.395 e. The third-order valence-corrected chi connectivity index (χ3v) is 7.68. The van der Waals surface area contributed by atoms with E-state index in [1.54, 1.807) is 7.11 Å². The van der Waals surface area contributed by atoms with Crippen LogP contribution >= 0.6 is 0 Å². The van der Waals surface area contributed by atoms with Gasteiger partial charge in [-0.25, -0.2) is 0 Å². The molecule has 0 bridgehead atoms. The lowest BCUT2D eigenvalue weighted by Gasteiger charge is -2.25. The van der Waals surface area contributed by atoms with Crippen molar-refractivity contribution in [1.82, 2.24) is 0 Å². The zero-order valence-corrected chi connectivity index (χ0v) is 19.6. The van der Waals surface area contributed by atoms with Crippen molar-refractivity contribution in [2.24, 2.45) is 0 Å². The second kappa shape index (κ2) is 20.7. The van der Waals surface area contributed by atoms with Gasteiger partial charge in [0.2, 0.25) is 0 Å². The first kappa shape index (κ1) is 27.0. The maximum Gasteiger partial charge on any atom is 0.334 e. The van der Waals surface area contributed by atoms with Crippen molar-refractivity contribution < 1.29 is 23.1 Å². The van der Waals surface area contributed by atoms with Gasteiger partial charge < -0.3 is 23.1 Å². The van der Waals surface area contributed by atoms with Gasteiger partial charge in [-0.15, -0.1) is 0 Å². The van der Waals surface area contributed by atoms with E-state index in [1.165, 1.54) is 51.4 Å². The van der Waals surface area contributed by atoms with Gasteiger partial charge in [0.15, 0.2) is 0 Å². The normalized spacial score (nSPS) is 12.0. The highest BCUT2D eigenvalue weighted by atomic mass is 28.4. The molecule has 0 fully saturated rings. The molecule has 0 N–H and O–H groups in total. The molecular formula is C21H46O5Si. The topological polar surface area (TPSA) is 46.2 Å². The number of ether oxygens (including phenoxy) is 3. The van der Waals surface area contributed by atoms with Gasteiger partial charge in [0.25, 0.3) is 0 Å². The SMILES string of the molecule is CCO[Si](C)(CCCCCCCCCCCOCCOCCOC)OCC. The summed E-state index contributed by atoms with van der Waals surface area (Å²) >= 11 is 0. The molecule has 164 valence electrons. The van der Waals surface area contributed by atoms with Crippen molar-refractivity contribution in [2.45, 2.75) is 84.2 Å². The van der Waals surface area contributed by atoms with Crippen LogP contribution in [-0.4, -0.2) is 61.9 Å². The fraction of sp³-hybridized carbons (Fsp3) is 1.00. The number of hydrogen-bond acceptors (Lipinski definition) is 5. The summed E-state index contributed by atoms with van der Waals surface area (Å²) in [7, 11) is -0.199. The third-order valence-electron chi connectivity index (χ3n) is 4.62. The Kier molecular flexibility index (Phi) is 20.8. The molecular weight excluding hydrogens is 360 g/mol. The molecule has 0 saturated heterocycles. The maximum absolute atomic E-state index is 5.89. The number of methoxy groups -OCH3 is 1. The molecule has 27 heavy (non-hydrogen) atoms. The number of hydrogen-bond donors (Lipinski definition) is 0. The number of rotatable bonds is 22. The van der Waals surface area contributed by atoms with Gasteiger partial charge in [-0.05, 0) is 32.9 Å². The predicted molar refractivity (Wildman–Crippen MR) is 115 cm³/mol. The Balaban J connectivity index is 3.25. The molecule has 0 radical (unpaired) electrons. The molecule has 0 aromatic rings. The quantitative estimate of drug-likeness (QED) is 0.180. The van der Waals surface area contributed by atoms with Crippen molar-refractivity contribution in [3.05, 3.63) is 0 Å². The average Bonchev–Trinajstić information content (AvgIpc) is 2.64. The molecule has 0 atom stereocenters. The van der Waals surface area contributed by atoms with Crippen LogP contribution < -0.4 is 0 Å². The van der Waals surface area contributed by atoms with Gasteiger partial charge >= 0.3 is 8.56 Å². The molecule has 0 rings (SSSR count). The Bertz CT molecular complexity index is 286. The van der Waals surface area contributed by atoms with Crippen LogP contribution in [0.1, 0.15) is 71.6 Å². The Morgan fingerprint density at radius 2 is 1.00 bits per heavy atom. The first-order chi connectivity index (χ1) is 13.2. The van der Waals surface area contributed by atoms with E-state index in [1.807, 2.05) is 0 Å². The zero-order chi connectivity index (χ0) is 20.1. The molecule has 0 unspecified atom stereocenters. The molecule has 0 spiro atoms. The fourth-order valence-electron chi connectivity index (χ4n) is 3.15. The van der Waals surface area contributed by atoms with Crippen LogP contribution in [-0.2, 0) is 23.1 Å². The number of unbranched alkanes of at least 4 members (excludes halogenated alkanes) is 8. The minimum atomic E-state index is -1.88. The van der Waals surface area contributed by atoms with Crippen molar-refractivity contribution in [3.8, 4) is 0 Å². The molecule has 0 aliphatic carbocycles. The van der Waals surface area contributed by atoms with Crippen LogP contribution in [0.5, 0.6) is 0 Å². The molecule has 5 nitrogen and oxygen atoms in total. The van der Waals surface area contributed by atoms with Crippen molar-refractivity contribution >= 4 is 8.56 Å². The van der Waals surface area contributed by atoms with Crippen LogP contribution in [0.25, 0.3) is 0 Å². The van der Waals surface area contributed by atoms with E-state index in [9.17, 15) is 0 Å². The minimum absolute atomic E-state index is 0.653. The van der Waals surface area contributed by atoms with Crippen LogP contribution in [0.3, 0.4) is 0 Å². The Hall–Kier alpha value is 0.0169. The second-order valence-corrected chi connectivity index (χ2v) is 10.5.